The van der Waals surface area contributed by atoms with Gasteiger partial charge in [-0.25, -0.2) is 4.79 Å². The summed E-state index contributed by atoms with van der Waals surface area (Å²) in [5.74, 6) is -0.359. The SMILES string of the molecule is C=CC(=O)OCCN(C)C.CC[P+](O)(O)O. The van der Waals surface area contributed by atoms with E-state index in [1.807, 2.05) is 19.0 Å². The van der Waals surface area contributed by atoms with Crippen molar-refractivity contribution in [1.82, 2.24) is 4.90 Å². The largest absolute Gasteiger partial charge is 0.461 e. The summed E-state index contributed by atoms with van der Waals surface area (Å²) >= 11 is 0. The molecule has 0 aliphatic rings. The summed E-state index contributed by atoms with van der Waals surface area (Å²) in [6, 6.07) is 0. The molecule has 6 nitrogen and oxygen atoms in total. The molecule has 0 aliphatic heterocycles. The molecule has 3 N–H and O–H groups in total. The minimum atomic E-state index is -3.40. The van der Waals surface area contributed by atoms with Gasteiger partial charge in [-0.15, -0.1) is 0 Å². The summed E-state index contributed by atoms with van der Waals surface area (Å²) in [6.07, 6.45) is 1.21. The number of carbonyl (C=O) groups is 1. The zero-order valence-electron chi connectivity index (χ0n) is 9.96. The Morgan fingerprint density at radius 3 is 2.12 bits per heavy atom. The first-order valence-electron chi connectivity index (χ1n) is 4.73. The van der Waals surface area contributed by atoms with E-state index in [0.29, 0.717) is 6.61 Å². The van der Waals surface area contributed by atoms with Crippen LogP contribution >= 0.6 is 7.94 Å². The molecule has 0 spiro atoms. The first kappa shape index (κ1) is 17.9. The van der Waals surface area contributed by atoms with Crippen LogP contribution in [0.25, 0.3) is 0 Å². The van der Waals surface area contributed by atoms with Crippen molar-refractivity contribution in [2.75, 3.05) is 33.4 Å². The van der Waals surface area contributed by atoms with Crippen molar-refractivity contribution in [3.63, 3.8) is 0 Å². The maximum atomic E-state index is 10.4. The minimum absolute atomic E-state index is 0.0486. The Hall–Kier alpha value is -0.520. The van der Waals surface area contributed by atoms with Crippen LogP contribution in [0.1, 0.15) is 6.92 Å². The van der Waals surface area contributed by atoms with Gasteiger partial charge in [-0.05, 0) is 21.0 Å². The van der Waals surface area contributed by atoms with Gasteiger partial charge in [-0.1, -0.05) is 6.58 Å². The van der Waals surface area contributed by atoms with Crippen LogP contribution < -0.4 is 0 Å². The standard InChI is InChI=1S/C7H13NO2.C2H8O3P/c1-4-7(9)10-6-5-8(2)3;1-2-6(3,4)5/h4H,1,5-6H2,2-3H3;3-5H,2H2,1H3/q;+1. The third-order valence-corrected chi connectivity index (χ3v) is 2.22. The highest BCUT2D eigenvalue weighted by Gasteiger charge is 2.24. The molecular weight excluding hydrogens is 233 g/mol. The van der Waals surface area contributed by atoms with Crippen molar-refractivity contribution in [3.05, 3.63) is 12.7 Å². The van der Waals surface area contributed by atoms with Crippen LogP contribution in [0.3, 0.4) is 0 Å². The van der Waals surface area contributed by atoms with Crippen LogP contribution in [0.4, 0.5) is 0 Å². The second-order valence-electron chi connectivity index (χ2n) is 3.18. The third-order valence-electron chi connectivity index (χ3n) is 1.37. The number of hydrogen-bond donors (Lipinski definition) is 3. The number of rotatable bonds is 5. The van der Waals surface area contributed by atoms with Crippen LogP contribution in [-0.2, 0) is 9.53 Å². The number of hydrogen-bond acceptors (Lipinski definition) is 6. The van der Waals surface area contributed by atoms with E-state index in [2.05, 4.69) is 6.58 Å². The summed E-state index contributed by atoms with van der Waals surface area (Å²) in [5, 5.41) is 0. The molecule has 0 unspecified atom stereocenters. The summed E-state index contributed by atoms with van der Waals surface area (Å²) < 4.78 is 4.70. The molecule has 7 heteroatoms. The van der Waals surface area contributed by atoms with E-state index in [1.165, 1.54) is 6.92 Å². The number of ether oxygens (including phenoxy) is 1. The van der Waals surface area contributed by atoms with E-state index in [4.69, 9.17) is 19.4 Å². The van der Waals surface area contributed by atoms with Gasteiger partial charge in [0, 0.05) is 12.6 Å². The second kappa shape index (κ2) is 9.69. The van der Waals surface area contributed by atoms with Crippen molar-refractivity contribution in [2.24, 2.45) is 0 Å². The first-order chi connectivity index (χ1) is 7.22. The fraction of sp³-hybridized carbons (Fsp3) is 0.667. The van der Waals surface area contributed by atoms with Gasteiger partial charge in [-0.3, -0.25) is 0 Å². The quantitative estimate of drug-likeness (QED) is 0.364. The number of esters is 1. The molecular formula is C9H21NO5P+. The van der Waals surface area contributed by atoms with Crippen molar-refractivity contribution < 1.29 is 24.2 Å². The van der Waals surface area contributed by atoms with E-state index in [0.717, 1.165) is 12.6 Å². The molecule has 0 saturated carbocycles. The van der Waals surface area contributed by atoms with Crippen molar-refractivity contribution >= 4 is 13.9 Å². The molecule has 0 bridgehead atoms. The van der Waals surface area contributed by atoms with Crippen LogP contribution in [0.15, 0.2) is 12.7 Å². The second-order valence-corrected chi connectivity index (χ2v) is 5.20. The van der Waals surface area contributed by atoms with Gasteiger partial charge >= 0.3 is 13.9 Å². The number of nitrogens with zero attached hydrogens (tertiary/aromatic N) is 1. The molecule has 0 aromatic rings. The molecule has 16 heavy (non-hydrogen) atoms. The van der Waals surface area contributed by atoms with Gasteiger partial charge in [0.1, 0.15) is 12.8 Å². The monoisotopic (exact) mass is 254 g/mol. The lowest BCUT2D eigenvalue weighted by molar-refractivity contribution is -0.137. The summed E-state index contributed by atoms with van der Waals surface area (Å²) in [6.45, 7) is 5.96. The highest BCUT2D eigenvalue weighted by Crippen LogP contribution is 2.43. The Kier molecular flexibility index (Phi) is 10.8. The Labute approximate surface area is 96.7 Å². The van der Waals surface area contributed by atoms with E-state index in [-0.39, 0.29) is 12.1 Å². The Morgan fingerprint density at radius 1 is 1.44 bits per heavy atom. The molecule has 0 aromatic heterocycles. The molecule has 96 valence electrons. The smallest absolute Gasteiger partial charge is 0.403 e. The molecule has 0 aliphatic carbocycles. The number of likely N-dealkylation sites (N-methyl/N-ethyl adjacent to an activating group) is 1. The topological polar surface area (TPSA) is 90.2 Å². The van der Waals surface area contributed by atoms with E-state index < -0.39 is 7.94 Å². The molecule has 0 heterocycles. The lowest BCUT2D eigenvalue weighted by Gasteiger charge is -2.07. The van der Waals surface area contributed by atoms with Gasteiger partial charge in [0.05, 0.1) is 0 Å². The first-order valence-corrected chi connectivity index (χ1v) is 6.56. The van der Waals surface area contributed by atoms with Crippen LogP contribution in [0, 0.1) is 0 Å². The molecule has 0 fully saturated rings. The van der Waals surface area contributed by atoms with Gasteiger partial charge in [0.15, 0.2) is 0 Å². The fourth-order valence-corrected chi connectivity index (χ4v) is 0.388. The Morgan fingerprint density at radius 2 is 1.88 bits per heavy atom. The fourth-order valence-electron chi connectivity index (χ4n) is 0.388. The Bertz CT molecular complexity index is 203. The van der Waals surface area contributed by atoms with E-state index in [9.17, 15) is 4.79 Å². The van der Waals surface area contributed by atoms with Gasteiger partial charge in [0.25, 0.3) is 0 Å². The molecule has 0 radical (unpaired) electrons. The molecule has 0 aromatic carbocycles. The van der Waals surface area contributed by atoms with Crippen LogP contribution in [0.5, 0.6) is 0 Å². The lowest BCUT2D eigenvalue weighted by atomic mass is 10.6. The summed E-state index contributed by atoms with van der Waals surface area (Å²) in [5.41, 5.74) is 0. The summed E-state index contributed by atoms with van der Waals surface area (Å²) in [7, 11) is 0.440. The average molecular weight is 254 g/mol. The minimum Gasteiger partial charge on any atom is -0.461 e. The highest BCUT2D eigenvalue weighted by molar-refractivity contribution is 7.58. The van der Waals surface area contributed by atoms with Crippen LogP contribution in [0.2, 0.25) is 0 Å². The predicted octanol–water partition coefficient (Wildman–Crippen LogP) is 0.0230. The van der Waals surface area contributed by atoms with Gasteiger partial charge in [0.2, 0.25) is 0 Å². The maximum absolute atomic E-state index is 10.4. The Balaban J connectivity index is 0. The maximum Gasteiger partial charge on any atom is 0.403 e. The van der Waals surface area contributed by atoms with E-state index >= 15 is 0 Å². The molecule has 0 atom stereocenters. The van der Waals surface area contributed by atoms with Gasteiger partial charge < -0.3 is 9.64 Å². The zero-order valence-corrected chi connectivity index (χ0v) is 10.9. The molecule has 0 amide bonds. The third kappa shape index (κ3) is 19.1. The average Bonchev–Trinajstić information content (AvgIpc) is 2.17. The van der Waals surface area contributed by atoms with Crippen molar-refractivity contribution in [1.29, 1.82) is 0 Å². The number of carbonyl (C=O) groups excluding carboxylic acids is 1. The van der Waals surface area contributed by atoms with E-state index in [1.54, 1.807) is 0 Å². The molecule has 0 rings (SSSR count). The zero-order chi connectivity index (χ0) is 13.2. The molecule has 0 saturated heterocycles. The normalized spacial score (nSPS) is 10.4. The van der Waals surface area contributed by atoms with Crippen molar-refractivity contribution in [3.8, 4) is 0 Å². The predicted molar refractivity (Wildman–Crippen MR) is 63.8 cm³/mol. The summed E-state index contributed by atoms with van der Waals surface area (Å²) in [4.78, 5) is 36.5. The van der Waals surface area contributed by atoms with Crippen LogP contribution in [-0.4, -0.2) is 59.0 Å². The van der Waals surface area contributed by atoms with Gasteiger partial charge in [-0.2, -0.15) is 14.7 Å². The van der Waals surface area contributed by atoms with Crippen molar-refractivity contribution in [2.45, 2.75) is 6.92 Å². The highest BCUT2D eigenvalue weighted by atomic mass is 31.2. The lowest BCUT2D eigenvalue weighted by Crippen LogP contribution is -2.19.